The molecule has 0 fully saturated rings. The molecule has 754 valence electrons. The van der Waals surface area contributed by atoms with Gasteiger partial charge in [-0.05, 0) is 232 Å². The molecule has 3 atom stereocenters. The molecular formula is C126H145N3O4S11. The van der Waals surface area contributed by atoms with E-state index in [1.165, 1.54) is 278 Å². The minimum atomic E-state index is -0.119. The molecule has 3 aliphatic heterocycles. The molecule has 3 aliphatic rings. The van der Waals surface area contributed by atoms with Gasteiger partial charge in [0.2, 0.25) is 0 Å². The Morgan fingerprint density at radius 3 is 0.924 bits per heavy atom. The van der Waals surface area contributed by atoms with Gasteiger partial charge >= 0.3 is 0 Å². The first-order valence-electron chi connectivity index (χ1n) is 55.6. The molecule has 6 aromatic carbocycles. The third-order valence-corrected chi connectivity index (χ3v) is 45.4. The first kappa shape index (κ1) is 103. The summed E-state index contributed by atoms with van der Waals surface area (Å²) in [4.78, 5) is 91.9. The summed E-state index contributed by atoms with van der Waals surface area (Å²) in [5, 5.41) is 16.3. The molecule has 0 aliphatic carbocycles. The number of aryl methyl sites for hydroxylation is 6. The van der Waals surface area contributed by atoms with Crippen molar-refractivity contribution in [1.29, 1.82) is 0 Å². The highest BCUT2D eigenvalue weighted by Crippen LogP contribution is 2.62. The summed E-state index contributed by atoms with van der Waals surface area (Å²) in [6.45, 7) is 28.9. The number of amides is 4. The minimum absolute atomic E-state index is 0.00325. The number of nitrogens with zero attached hydrogens (tertiary/aromatic N) is 3. The molecule has 14 heterocycles. The molecule has 0 bridgehead atoms. The van der Waals surface area contributed by atoms with Crippen LogP contribution in [0.4, 0.5) is 0 Å². The van der Waals surface area contributed by atoms with Gasteiger partial charge in [-0.1, -0.05) is 291 Å². The summed E-state index contributed by atoms with van der Waals surface area (Å²) in [6, 6.07) is 47.8. The number of carbonyl (C=O) groups excluding carboxylic acids is 4. The molecule has 0 radical (unpaired) electrons. The van der Waals surface area contributed by atoms with Crippen molar-refractivity contribution in [3.63, 3.8) is 0 Å². The highest BCUT2D eigenvalue weighted by atomic mass is 32.1. The van der Waals surface area contributed by atoms with Crippen LogP contribution in [0.3, 0.4) is 0 Å². The Hall–Kier alpha value is -7.82. The molecule has 144 heavy (non-hydrogen) atoms. The van der Waals surface area contributed by atoms with Crippen molar-refractivity contribution in [2.75, 3.05) is 19.6 Å². The Labute approximate surface area is 899 Å². The molecule has 0 spiro atoms. The van der Waals surface area contributed by atoms with Gasteiger partial charge in [0.1, 0.15) is 0 Å². The molecule has 0 N–H and O–H groups in total. The number of benzene rings is 6. The lowest BCUT2D eigenvalue weighted by Gasteiger charge is -2.29. The predicted molar refractivity (Wildman–Crippen MR) is 640 cm³/mol. The predicted octanol–water partition coefficient (Wildman–Crippen LogP) is 42.4. The number of unbranched alkanes of at least 4 members (excludes halogenated alkanes) is 21. The Morgan fingerprint density at radius 2 is 0.556 bits per heavy atom. The van der Waals surface area contributed by atoms with Gasteiger partial charge in [0.15, 0.2) is 0 Å². The van der Waals surface area contributed by atoms with Crippen molar-refractivity contribution in [1.82, 2.24) is 14.7 Å². The summed E-state index contributed by atoms with van der Waals surface area (Å²) in [5.74, 6) is 0.600. The molecule has 4 amide bonds. The number of hydrogen-bond acceptors (Lipinski definition) is 15. The lowest BCUT2D eigenvalue weighted by molar-refractivity contribution is -0.124. The standard InChI is InChI=1S/C126H145N3O4S11/c1-13-23-32-38-51-79(49-30-20-8)74-127-112(95-67-65-89(136-95)97-70-82(54-41-35-26-16-4)115(142-97)120-106-86-58-45-61-91-101(86)105(85-57-44-62-92(139-120)102(85)106)119(138-91)114-81(69-76(11)134-114)53-40-34-25-15-3)109-110(125(127)132)113(128(124(109)131)75-80(50-31-21-9)52-39-33-24-14-2)96-68-66-90(137-96)98-71-83(55-42-36-27-17-5)116(143-98)121-107-87-59-46-64-94-104(87)108(88-60-47-63-93(140-121)103(88)107)122(141-94)117-84(56-43-37-28-18-6)72-99(144-117)118-111-100(77(12)135-118)123(130)129(126(111)133)73-78(22-10)48-29-19-7/h44-47,57-72,78-80H,13-43,48-56,73-75H2,1-12H3. The van der Waals surface area contributed by atoms with E-state index in [0.29, 0.717) is 41.9 Å². The largest absolute Gasteiger partial charge is 0.306 e. The number of thiophene rings is 11. The second-order valence-corrected chi connectivity index (χ2v) is 54.0. The van der Waals surface area contributed by atoms with Crippen LogP contribution in [0.25, 0.3) is 163 Å². The van der Waals surface area contributed by atoms with Crippen molar-refractivity contribution in [2.45, 2.75) is 340 Å². The van der Waals surface area contributed by atoms with Gasteiger partial charge in [0.25, 0.3) is 23.6 Å². The summed E-state index contributed by atoms with van der Waals surface area (Å²) in [5.41, 5.74) is 9.81. The fraction of sp³-hybridized carbons (Fsp3) is 0.460. The number of fused-ring (bicyclic) bond motifs is 6. The van der Waals surface area contributed by atoms with Gasteiger partial charge in [-0.3, -0.25) is 24.1 Å². The molecule has 18 heteroatoms. The van der Waals surface area contributed by atoms with E-state index in [9.17, 15) is 9.59 Å². The average molecular weight is 2120 g/mol. The molecule has 17 aromatic rings. The minimum Gasteiger partial charge on any atom is -0.306 e. The van der Waals surface area contributed by atoms with E-state index in [0.717, 1.165) is 183 Å². The van der Waals surface area contributed by atoms with E-state index in [2.05, 4.69) is 214 Å². The van der Waals surface area contributed by atoms with E-state index in [1.54, 1.807) is 27.6 Å². The van der Waals surface area contributed by atoms with E-state index in [1.807, 2.05) is 102 Å². The van der Waals surface area contributed by atoms with Crippen LogP contribution in [0.1, 0.15) is 363 Å². The van der Waals surface area contributed by atoms with Gasteiger partial charge in [-0.2, -0.15) is 0 Å². The number of rotatable bonds is 55. The SMILES string of the molecule is CCCCCCc1cc(C)sc1-c1sc2cccc3c4c(-c5sc(-c6ccc(C7=C8C(=O)N(CC(CCCC)CCCCCC)C(c9ccc(-c%10cc(CCCCCC)c(-c%11sc%12cccc%13c%14c(-c%15sc(-c%16sc(C)c%17c%16C(=O)N(CC(CC)CCCC)C%17=O)cc%15CCCCCC)sc%15cccc(c%11c%12%13)c%15%14)s%10)s9)=C8C(=O)N7CC(CCCC)CCCCCC)s6)cc5CCCCCC)sc5cccc(c1c23)c54. The van der Waals surface area contributed by atoms with Crippen LogP contribution in [-0.2, 0) is 35.3 Å². The van der Waals surface area contributed by atoms with Gasteiger partial charge < -0.3 is 9.80 Å². The summed E-state index contributed by atoms with van der Waals surface area (Å²) >= 11 is 20.9. The van der Waals surface area contributed by atoms with Crippen LogP contribution in [0, 0.1) is 31.6 Å². The third kappa shape index (κ3) is 20.1. The maximum Gasteiger partial charge on any atom is 0.263 e. The average Bonchev–Trinajstić information content (AvgIpc) is 1.53. The fourth-order valence-electron chi connectivity index (χ4n) is 24.0. The summed E-state index contributed by atoms with van der Waals surface area (Å²) in [7, 11) is 0. The van der Waals surface area contributed by atoms with Gasteiger partial charge in [0.05, 0.1) is 67.8 Å². The van der Waals surface area contributed by atoms with Gasteiger partial charge in [0, 0.05) is 135 Å². The fourth-order valence-corrected chi connectivity index (χ4v) is 37.9. The second kappa shape index (κ2) is 46.7. The summed E-state index contributed by atoms with van der Waals surface area (Å²) < 4.78 is 5.30. The number of carbonyl (C=O) groups is 4. The molecule has 7 nitrogen and oxygen atoms in total. The van der Waals surface area contributed by atoms with Gasteiger partial charge in [-0.25, -0.2) is 0 Å². The van der Waals surface area contributed by atoms with Crippen LogP contribution >= 0.6 is 125 Å². The van der Waals surface area contributed by atoms with E-state index in [4.69, 9.17) is 0 Å². The van der Waals surface area contributed by atoms with Crippen molar-refractivity contribution in [2.24, 2.45) is 17.8 Å². The Balaban J connectivity index is 0.711. The Bertz CT molecular complexity index is 7470. The monoisotopic (exact) mass is 2120 g/mol. The zero-order chi connectivity index (χ0) is 99.5. The van der Waals surface area contributed by atoms with Crippen LogP contribution in [0.15, 0.2) is 132 Å². The zero-order valence-electron chi connectivity index (χ0n) is 87.2. The van der Waals surface area contributed by atoms with E-state index < -0.39 is 0 Å². The van der Waals surface area contributed by atoms with Gasteiger partial charge in [-0.15, -0.1) is 125 Å². The molecule has 0 saturated carbocycles. The summed E-state index contributed by atoms with van der Waals surface area (Å²) in [6.07, 6.45) is 45.1. The molecule has 20 rings (SSSR count). The van der Waals surface area contributed by atoms with E-state index in [-0.39, 0.29) is 41.4 Å². The molecule has 3 unspecified atom stereocenters. The highest BCUT2D eigenvalue weighted by Gasteiger charge is 2.51. The lowest BCUT2D eigenvalue weighted by Crippen LogP contribution is -2.34. The van der Waals surface area contributed by atoms with E-state index >= 15 is 9.59 Å². The first-order chi connectivity index (χ1) is 70.5. The lowest BCUT2D eigenvalue weighted by atomic mass is 9.93. The Morgan fingerprint density at radius 1 is 0.243 bits per heavy atom. The van der Waals surface area contributed by atoms with Crippen LogP contribution < -0.4 is 0 Å². The number of imide groups is 1. The molecule has 11 aromatic heterocycles. The quantitative estimate of drug-likeness (QED) is 0.0216. The zero-order valence-corrected chi connectivity index (χ0v) is 96.1. The van der Waals surface area contributed by atoms with Crippen LogP contribution in [0.5, 0.6) is 0 Å². The topological polar surface area (TPSA) is 78.0 Å². The van der Waals surface area contributed by atoms with Crippen molar-refractivity contribution >= 4 is 243 Å². The Kier molecular flexibility index (Phi) is 33.5. The van der Waals surface area contributed by atoms with Crippen LogP contribution in [0.2, 0.25) is 0 Å². The number of hydrogen-bond donors (Lipinski definition) is 0. The highest BCUT2D eigenvalue weighted by molar-refractivity contribution is 7.32. The molecular weight excluding hydrogens is 1970 g/mol. The second-order valence-electron chi connectivity index (χ2n) is 42.0. The maximum absolute atomic E-state index is 17.1. The van der Waals surface area contributed by atoms with Crippen molar-refractivity contribution in [3.05, 3.63) is 185 Å². The maximum atomic E-state index is 17.1. The van der Waals surface area contributed by atoms with Crippen LogP contribution in [-0.4, -0.2) is 58.0 Å². The van der Waals surface area contributed by atoms with Crippen molar-refractivity contribution in [3.8, 4) is 68.3 Å². The smallest absolute Gasteiger partial charge is 0.263 e. The first-order valence-corrected chi connectivity index (χ1v) is 64.6. The third-order valence-electron chi connectivity index (χ3n) is 31.6. The normalized spacial score (nSPS) is 14.5. The van der Waals surface area contributed by atoms with Crippen molar-refractivity contribution < 1.29 is 19.2 Å². The molecule has 0 saturated heterocycles.